The van der Waals surface area contributed by atoms with Gasteiger partial charge in [-0.3, -0.25) is 4.90 Å². The van der Waals surface area contributed by atoms with Gasteiger partial charge in [0.1, 0.15) is 6.04 Å². The van der Waals surface area contributed by atoms with Crippen molar-refractivity contribution in [1.82, 2.24) is 9.80 Å². The number of nitrogens with two attached hydrogens (primary N) is 1. The molecule has 1 aromatic heterocycles. The number of esters is 1. The van der Waals surface area contributed by atoms with Crippen LogP contribution < -0.4 is 5.73 Å². The van der Waals surface area contributed by atoms with E-state index in [1.54, 1.807) is 16.2 Å². The van der Waals surface area contributed by atoms with E-state index >= 15 is 0 Å². The van der Waals surface area contributed by atoms with E-state index in [0.29, 0.717) is 19.6 Å². The van der Waals surface area contributed by atoms with Crippen LogP contribution in [0.25, 0.3) is 0 Å². The Morgan fingerprint density at radius 2 is 2.15 bits per heavy atom. The SMILES string of the molecule is COC(=O)[C@H](c1ccsc1)N1CCCN(C(N)=O)CC1. The summed E-state index contributed by atoms with van der Waals surface area (Å²) in [4.78, 5) is 27.0. The van der Waals surface area contributed by atoms with Crippen molar-refractivity contribution in [1.29, 1.82) is 0 Å². The Bertz CT molecular complexity index is 463. The molecule has 0 unspecified atom stereocenters. The zero-order valence-electron chi connectivity index (χ0n) is 11.4. The van der Waals surface area contributed by atoms with Crippen molar-refractivity contribution in [3.63, 3.8) is 0 Å². The number of hydrogen-bond acceptors (Lipinski definition) is 5. The Kier molecular flexibility index (Phi) is 4.97. The molecule has 2 rings (SSSR count). The molecule has 0 aliphatic carbocycles. The van der Waals surface area contributed by atoms with Crippen LogP contribution in [0.2, 0.25) is 0 Å². The molecule has 0 radical (unpaired) electrons. The van der Waals surface area contributed by atoms with E-state index in [9.17, 15) is 9.59 Å². The van der Waals surface area contributed by atoms with Crippen molar-refractivity contribution in [2.75, 3.05) is 33.3 Å². The molecule has 6 nitrogen and oxygen atoms in total. The lowest BCUT2D eigenvalue weighted by molar-refractivity contribution is -0.147. The Hall–Kier alpha value is -1.60. The first-order valence-corrected chi connectivity index (χ1v) is 7.46. The average molecular weight is 297 g/mol. The number of hydrogen-bond donors (Lipinski definition) is 1. The number of primary amides is 1. The maximum Gasteiger partial charge on any atom is 0.327 e. The van der Waals surface area contributed by atoms with Crippen LogP contribution in [0.4, 0.5) is 4.79 Å². The van der Waals surface area contributed by atoms with E-state index < -0.39 is 12.1 Å². The summed E-state index contributed by atoms with van der Waals surface area (Å²) in [6.45, 7) is 2.51. The van der Waals surface area contributed by atoms with Crippen molar-refractivity contribution in [2.24, 2.45) is 5.73 Å². The summed E-state index contributed by atoms with van der Waals surface area (Å²) in [6, 6.07) is 1.12. The molecular formula is C13H19N3O3S. The van der Waals surface area contributed by atoms with E-state index in [1.807, 2.05) is 16.8 Å². The lowest BCUT2D eigenvalue weighted by Crippen LogP contribution is -2.40. The molecule has 1 aliphatic rings. The first-order chi connectivity index (χ1) is 9.63. The molecule has 1 aromatic rings. The average Bonchev–Trinajstić information content (AvgIpc) is 2.83. The number of carbonyl (C=O) groups excluding carboxylic acids is 2. The van der Waals surface area contributed by atoms with Gasteiger partial charge in [-0.05, 0) is 28.8 Å². The third kappa shape index (κ3) is 3.29. The van der Waals surface area contributed by atoms with E-state index in [4.69, 9.17) is 10.5 Å². The van der Waals surface area contributed by atoms with Gasteiger partial charge in [-0.25, -0.2) is 9.59 Å². The maximum atomic E-state index is 12.1. The second-order valence-corrected chi connectivity index (χ2v) is 5.48. The van der Waals surface area contributed by atoms with Gasteiger partial charge >= 0.3 is 12.0 Å². The normalized spacial score (nSPS) is 18.4. The molecule has 7 heteroatoms. The molecule has 2 amide bonds. The number of amides is 2. The highest BCUT2D eigenvalue weighted by atomic mass is 32.1. The van der Waals surface area contributed by atoms with Crippen LogP contribution >= 0.6 is 11.3 Å². The number of nitrogens with zero attached hydrogens (tertiary/aromatic N) is 2. The fourth-order valence-electron chi connectivity index (χ4n) is 2.45. The largest absolute Gasteiger partial charge is 0.468 e. The summed E-state index contributed by atoms with van der Waals surface area (Å²) in [5.41, 5.74) is 6.26. The van der Waals surface area contributed by atoms with Crippen molar-refractivity contribution < 1.29 is 14.3 Å². The van der Waals surface area contributed by atoms with Crippen LogP contribution in [0.1, 0.15) is 18.0 Å². The maximum absolute atomic E-state index is 12.1. The number of thiophene rings is 1. The van der Waals surface area contributed by atoms with Crippen LogP contribution in [0, 0.1) is 0 Å². The lowest BCUT2D eigenvalue weighted by atomic mass is 10.1. The van der Waals surface area contributed by atoms with Gasteiger partial charge in [0.25, 0.3) is 0 Å². The molecule has 110 valence electrons. The minimum absolute atomic E-state index is 0.268. The third-order valence-corrected chi connectivity index (χ3v) is 4.19. The highest BCUT2D eigenvalue weighted by molar-refractivity contribution is 7.08. The summed E-state index contributed by atoms with van der Waals surface area (Å²) in [5.74, 6) is -0.268. The predicted molar refractivity (Wildman–Crippen MR) is 76.4 cm³/mol. The Labute approximate surface area is 122 Å². The minimum Gasteiger partial charge on any atom is -0.468 e. The standard InChI is InChI=1S/C13H19N3O3S/c1-19-12(17)11(10-3-8-20-9-10)15-4-2-5-16(7-6-15)13(14)18/h3,8-9,11H,2,4-7H2,1H3,(H2,14,18)/t11-/m0/s1. The van der Waals surface area contributed by atoms with Crippen LogP contribution in [0.5, 0.6) is 0 Å². The molecular weight excluding hydrogens is 278 g/mol. The van der Waals surface area contributed by atoms with Crippen molar-refractivity contribution in [3.05, 3.63) is 22.4 Å². The van der Waals surface area contributed by atoms with Gasteiger partial charge in [0.15, 0.2) is 0 Å². The van der Waals surface area contributed by atoms with Gasteiger partial charge in [-0.15, -0.1) is 0 Å². The molecule has 0 saturated carbocycles. The fraction of sp³-hybridized carbons (Fsp3) is 0.538. The van der Waals surface area contributed by atoms with Crippen molar-refractivity contribution in [3.8, 4) is 0 Å². The van der Waals surface area contributed by atoms with Gasteiger partial charge < -0.3 is 15.4 Å². The molecule has 1 saturated heterocycles. The van der Waals surface area contributed by atoms with E-state index in [0.717, 1.165) is 18.5 Å². The second kappa shape index (κ2) is 6.71. The highest BCUT2D eigenvalue weighted by Crippen LogP contribution is 2.25. The highest BCUT2D eigenvalue weighted by Gasteiger charge is 2.30. The Morgan fingerprint density at radius 1 is 1.35 bits per heavy atom. The Morgan fingerprint density at radius 3 is 2.75 bits per heavy atom. The van der Waals surface area contributed by atoms with Crippen molar-refractivity contribution in [2.45, 2.75) is 12.5 Å². The smallest absolute Gasteiger partial charge is 0.327 e. The minimum atomic E-state index is -0.406. The lowest BCUT2D eigenvalue weighted by Gasteiger charge is -2.28. The number of rotatable bonds is 3. The molecule has 2 heterocycles. The molecule has 2 N–H and O–H groups in total. The van der Waals surface area contributed by atoms with Gasteiger partial charge in [0.05, 0.1) is 7.11 Å². The zero-order valence-corrected chi connectivity index (χ0v) is 12.3. The molecule has 0 spiro atoms. The molecule has 1 aliphatic heterocycles. The van der Waals surface area contributed by atoms with Crippen LogP contribution in [0.3, 0.4) is 0 Å². The summed E-state index contributed by atoms with van der Waals surface area (Å²) < 4.78 is 4.92. The first kappa shape index (κ1) is 14.8. The van der Waals surface area contributed by atoms with E-state index in [2.05, 4.69) is 4.90 Å². The van der Waals surface area contributed by atoms with Gasteiger partial charge in [-0.2, -0.15) is 11.3 Å². The number of ether oxygens (including phenoxy) is 1. The summed E-state index contributed by atoms with van der Waals surface area (Å²) in [6.07, 6.45) is 0.792. The topological polar surface area (TPSA) is 75.9 Å². The van der Waals surface area contributed by atoms with Gasteiger partial charge in [-0.1, -0.05) is 0 Å². The molecule has 20 heavy (non-hydrogen) atoms. The fourth-order valence-corrected chi connectivity index (χ4v) is 3.13. The molecule has 1 fully saturated rings. The van der Waals surface area contributed by atoms with E-state index in [-0.39, 0.29) is 5.97 Å². The van der Waals surface area contributed by atoms with Crippen LogP contribution in [-0.2, 0) is 9.53 Å². The third-order valence-electron chi connectivity index (χ3n) is 3.49. The number of urea groups is 1. The molecule has 0 aromatic carbocycles. The quantitative estimate of drug-likeness (QED) is 0.846. The number of methoxy groups -OCH3 is 1. The Balaban J connectivity index is 2.13. The zero-order chi connectivity index (χ0) is 14.5. The number of carbonyl (C=O) groups is 2. The monoisotopic (exact) mass is 297 g/mol. The summed E-state index contributed by atoms with van der Waals surface area (Å²) >= 11 is 1.55. The summed E-state index contributed by atoms with van der Waals surface area (Å²) in [7, 11) is 1.40. The van der Waals surface area contributed by atoms with Crippen molar-refractivity contribution >= 4 is 23.3 Å². The second-order valence-electron chi connectivity index (χ2n) is 4.70. The van der Waals surface area contributed by atoms with E-state index in [1.165, 1.54) is 7.11 Å². The molecule has 0 bridgehead atoms. The molecule has 1 atom stereocenters. The van der Waals surface area contributed by atoms with Crippen LogP contribution in [-0.4, -0.2) is 55.1 Å². The predicted octanol–water partition coefficient (Wildman–Crippen LogP) is 1.05. The van der Waals surface area contributed by atoms with Gasteiger partial charge in [0, 0.05) is 26.2 Å². The van der Waals surface area contributed by atoms with Crippen LogP contribution in [0.15, 0.2) is 16.8 Å². The first-order valence-electron chi connectivity index (χ1n) is 6.52. The summed E-state index contributed by atoms with van der Waals surface area (Å²) in [5, 5.41) is 3.90. The van der Waals surface area contributed by atoms with Gasteiger partial charge in [0.2, 0.25) is 0 Å².